The Labute approximate surface area is 140 Å². The highest BCUT2D eigenvalue weighted by molar-refractivity contribution is 7.13. The first-order chi connectivity index (χ1) is 11.2. The highest BCUT2D eigenvalue weighted by Gasteiger charge is 2.12. The van der Waals surface area contributed by atoms with Crippen LogP contribution < -0.4 is 11.1 Å². The van der Waals surface area contributed by atoms with Crippen LogP contribution in [0, 0.1) is 0 Å². The average Bonchev–Trinajstić information content (AvgIpc) is 3.21. The lowest BCUT2D eigenvalue weighted by Gasteiger charge is -2.01. The molecule has 0 aliphatic rings. The Balaban J connectivity index is 1.50. The van der Waals surface area contributed by atoms with Crippen LogP contribution in [0.1, 0.15) is 22.6 Å². The number of aryl methyl sites for hydroxylation is 1. The maximum atomic E-state index is 12.1. The van der Waals surface area contributed by atoms with Crippen LogP contribution in [0.3, 0.4) is 0 Å². The predicted molar refractivity (Wildman–Crippen MR) is 90.3 cm³/mol. The van der Waals surface area contributed by atoms with Gasteiger partial charge in [0.1, 0.15) is 5.69 Å². The first-order valence-electron chi connectivity index (χ1n) is 6.93. The Bertz CT molecular complexity index is 785. The molecule has 0 spiro atoms. The van der Waals surface area contributed by atoms with Gasteiger partial charge in [-0.05, 0) is 18.9 Å². The summed E-state index contributed by atoms with van der Waals surface area (Å²) < 4.78 is 0. The lowest BCUT2D eigenvalue weighted by molar-refractivity contribution is 0.0949. The van der Waals surface area contributed by atoms with Gasteiger partial charge in [0.25, 0.3) is 5.91 Å². The molecule has 0 radical (unpaired) electrons. The Hall–Kier alpha value is -2.39. The van der Waals surface area contributed by atoms with E-state index in [0.717, 1.165) is 18.5 Å². The van der Waals surface area contributed by atoms with Gasteiger partial charge in [0.15, 0.2) is 16.0 Å². The molecular formula is C14H14N6OS2. The number of nitrogen functional groups attached to an aromatic ring is 1. The van der Waals surface area contributed by atoms with Crippen molar-refractivity contribution in [2.75, 3.05) is 12.3 Å². The number of aromatic nitrogens is 4. The second kappa shape index (κ2) is 7.25. The van der Waals surface area contributed by atoms with Crippen LogP contribution in [0.4, 0.5) is 5.13 Å². The second-order valence-corrected chi connectivity index (χ2v) is 6.39. The van der Waals surface area contributed by atoms with Crippen LogP contribution in [0.15, 0.2) is 29.2 Å². The second-order valence-electron chi connectivity index (χ2n) is 4.65. The average molecular weight is 346 g/mol. The summed E-state index contributed by atoms with van der Waals surface area (Å²) in [7, 11) is 0. The molecule has 0 saturated carbocycles. The monoisotopic (exact) mass is 346 g/mol. The molecule has 3 N–H and O–H groups in total. The van der Waals surface area contributed by atoms with E-state index in [0.29, 0.717) is 28.2 Å². The molecule has 118 valence electrons. The van der Waals surface area contributed by atoms with Crippen molar-refractivity contribution in [1.29, 1.82) is 0 Å². The number of hydrogen-bond acceptors (Lipinski definition) is 8. The van der Waals surface area contributed by atoms with Gasteiger partial charge in [-0.25, -0.2) is 19.9 Å². The van der Waals surface area contributed by atoms with E-state index in [9.17, 15) is 4.79 Å². The molecule has 3 heterocycles. The third kappa shape index (κ3) is 4.08. The molecule has 3 aromatic rings. The first kappa shape index (κ1) is 15.5. The molecular weight excluding hydrogens is 332 g/mol. The summed E-state index contributed by atoms with van der Waals surface area (Å²) in [6, 6.07) is 1.74. The summed E-state index contributed by atoms with van der Waals surface area (Å²) in [5.74, 6) is 0.332. The Kier molecular flexibility index (Phi) is 4.89. The number of anilines is 1. The number of carbonyl (C=O) groups excluding carboxylic acids is 1. The van der Waals surface area contributed by atoms with Gasteiger partial charge in [0, 0.05) is 29.7 Å². The molecule has 0 aliphatic heterocycles. The normalized spacial score (nSPS) is 10.6. The van der Waals surface area contributed by atoms with Gasteiger partial charge in [0.2, 0.25) is 0 Å². The number of rotatable bonds is 6. The summed E-state index contributed by atoms with van der Waals surface area (Å²) in [5, 5.41) is 7.70. The van der Waals surface area contributed by atoms with Crippen molar-refractivity contribution in [3.05, 3.63) is 40.6 Å². The van der Waals surface area contributed by atoms with Gasteiger partial charge in [0.05, 0.1) is 5.69 Å². The van der Waals surface area contributed by atoms with Gasteiger partial charge in [-0.3, -0.25) is 4.79 Å². The molecule has 0 saturated heterocycles. The molecule has 23 heavy (non-hydrogen) atoms. The van der Waals surface area contributed by atoms with Gasteiger partial charge < -0.3 is 11.1 Å². The van der Waals surface area contributed by atoms with Crippen LogP contribution in [0.25, 0.3) is 10.8 Å². The minimum absolute atomic E-state index is 0.193. The predicted octanol–water partition coefficient (Wildman–Crippen LogP) is 2.00. The van der Waals surface area contributed by atoms with Crippen LogP contribution in [-0.2, 0) is 6.42 Å². The van der Waals surface area contributed by atoms with E-state index >= 15 is 0 Å². The van der Waals surface area contributed by atoms with Crippen molar-refractivity contribution in [3.63, 3.8) is 0 Å². The quantitative estimate of drug-likeness (QED) is 0.661. The number of nitrogens with one attached hydrogen (secondary N) is 1. The molecule has 0 unspecified atom stereocenters. The minimum atomic E-state index is -0.193. The molecule has 9 heteroatoms. The molecule has 0 atom stereocenters. The lowest BCUT2D eigenvalue weighted by atomic mass is 10.2. The van der Waals surface area contributed by atoms with Crippen LogP contribution in [0.2, 0.25) is 0 Å². The first-order valence-corrected chi connectivity index (χ1v) is 8.69. The largest absolute Gasteiger partial charge is 0.375 e. The molecule has 0 bridgehead atoms. The third-order valence-electron chi connectivity index (χ3n) is 2.96. The number of thiazole rings is 2. The fraction of sp³-hybridized carbons (Fsp3) is 0.214. The molecule has 0 fully saturated rings. The number of hydrogen-bond donors (Lipinski definition) is 2. The summed E-state index contributed by atoms with van der Waals surface area (Å²) >= 11 is 2.78. The topological polar surface area (TPSA) is 107 Å². The summed E-state index contributed by atoms with van der Waals surface area (Å²) in [6.45, 7) is 0.560. The van der Waals surface area contributed by atoms with E-state index < -0.39 is 0 Å². The van der Waals surface area contributed by atoms with Gasteiger partial charge >= 0.3 is 0 Å². The van der Waals surface area contributed by atoms with Crippen molar-refractivity contribution in [2.45, 2.75) is 12.8 Å². The van der Waals surface area contributed by atoms with E-state index in [2.05, 4.69) is 25.3 Å². The molecule has 3 aromatic heterocycles. The zero-order valence-corrected chi connectivity index (χ0v) is 13.7. The Morgan fingerprint density at radius 1 is 1.17 bits per heavy atom. The fourth-order valence-corrected chi connectivity index (χ4v) is 3.23. The Morgan fingerprint density at radius 2 is 2.00 bits per heavy atom. The molecule has 7 nitrogen and oxygen atoms in total. The standard InChI is InChI=1S/C14H14N6OS2/c15-14-19-9(7-23-14)3-1-4-18-12(21)10-8-22-13(20-10)11-16-5-2-6-17-11/h2,5-8H,1,3-4H2,(H2,15,19)(H,18,21). The molecule has 0 aromatic carbocycles. The Morgan fingerprint density at radius 3 is 2.74 bits per heavy atom. The van der Waals surface area contributed by atoms with Gasteiger partial charge in [-0.1, -0.05) is 0 Å². The highest BCUT2D eigenvalue weighted by atomic mass is 32.1. The maximum absolute atomic E-state index is 12.1. The van der Waals surface area contributed by atoms with E-state index in [4.69, 9.17) is 5.73 Å². The zero-order chi connectivity index (χ0) is 16.1. The van der Waals surface area contributed by atoms with Gasteiger partial charge in [-0.15, -0.1) is 22.7 Å². The molecule has 0 aliphatic carbocycles. The fourth-order valence-electron chi connectivity index (χ4n) is 1.89. The zero-order valence-electron chi connectivity index (χ0n) is 12.1. The maximum Gasteiger partial charge on any atom is 0.270 e. The molecule has 3 rings (SSSR count). The number of carbonyl (C=O) groups is 1. The van der Waals surface area contributed by atoms with Crippen molar-refractivity contribution in [2.24, 2.45) is 0 Å². The summed E-state index contributed by atoms with van der Waals surface area (Å²) in [6.07, 6.45) is 4.88. The smallest absolute Gasteiger partial charge is 0.270 e. The van der Waals surface area contributed by atoms with Crippen molar-refractivity contribution < 1.29 is 4.79 Å². The number of amides is 1. The lowest BCUT2D eigenvalue weighted by Crippen LogP contribution is -2.25. The molecule has 1 amide bonds. The minimum Gasteiger partial charge on any atom is -0.375 e. The van der Waals surface area contributed by atoms with E-state index in [-0.39, 0.29) is 5.91 Å². The number of nitrogens with zero attached hydrogens (tertiary/aromatic N) is 4. The van der Waals surface area contributed by atoms with Crippen molar-refractivity contribution in [3.8, 4) is 10.8 Å². The van der Waals surface area contributed by atoms with E-state index in [1.54, 1.807) is 23.8 Å². The number of nitrogens with two attached hydrogens (primary N) is 1. The SMILES string of the molecule is Nc1nc(CCCNC(=O)c2csc(-c3ncccn3)n2)cs1. The van der Waals surface area contributed by atoms with Crippen LogP contribution >= 0.6 is 22.7 Å². The highest BCUT2D eigenvalue weighted by Crippen LogP contribution is 2.19. The summed E-state index contributed by atoms with van der Waals surface area (Å²) in [5.41, 5.74) is 6.92. The van der Waals surface area contributed by atoms with Crippen molar-refractivity contribution in [1.82, 2.24) is 25.3 Å². The summed E-state index contributed by atoms with van der Waals surface area (Å²) in [4.78, 5) is 28.8. The van der Waals surface area contributed by atoms with Crippen LogP contribution in [0.5, 0.6) is 0 Å². The van der Waals surface area contributed by atoms with Crippen molar-refractivity contribution >= 4 is 33.7 Å². The van der Waals surface area contributed by atoms with Gasteiger partial charge in [-0.2, -0.15) is 0 Å². The van der Waals surface area contributed by atoms with E-state index in [1.807, 2.05) is 5.38 Å². The third-order valence-corrected chi connectivity index (χ3v) is 4.52. The van der Waals surface area contributed by atoms with E-state index in [1.165, 1.54) is 22.7 Å². The van der Waals surface area contributed by atoms with Crippen LogP contribution in [-0.4, -0.2) is 32.4 Å².